The third-order valence-corrected chi connectivity index (χ3v) is 4.56. The number of nitrogens with zero attached hydrogens (tertiary/aromatic N) is 1. The minimum absolute atomic E-state index is 0.0821. The highest BCUT2D eigenvalue weighted by molar-refractivity contribution is 6.05. The van der Waals surface area contributed by atoms with E-state index in [4.69, 9.17) is 0 Å². The van der Waals surface area contributed by atoms with Crippen molar-refractivity contribution in [3.63, 3.8) is 0 Å². The molecule has 8 heteroatoms. The Hall–Kier alpha value is -3.26. The van der Waals surface area contributed by atoms with Crippen molar-refractivity contribution in [2.45, 2.75) is 19.0 Å². The summed E-state index contributed by atoms with van der Waals surface area (Å²) in [7, 11) is 0. The molecule has 0 fully saturated rings. The number of aliphatic hydroxyl groups is 1. The molecule has 0 radical (unpaired) electrons. The lowest BCUT2D eigenvalue weighted by molar-refractivity contribution is -0.126. The standard InChI is InChI=1S/C20H19F2N3O3/c1-11(14-8-7-13(21)9-16(14)22)23-19(27)18(10-26)25-12(2)15-5-3-4-6-17(15)24-20(25)28/h3-9,11,18,26H,2,10H2,1H3,(H,23,27)(H,24,28)/t11-,18?/m0/s1. The lowest BCUT2D eigenvalue weighted by Gasteiger charge is -2.36. The zero-order chi connectivity index (χ0) is 20.4. The van der Waals surface area contributed by atoms with Gasteiger partial charge in [-0.05, 0) is 19.1 Å². The molecule has 0 aromatic heterocycles. The van der Waals surface area contributed by atoms with Crippen LogP contribution in [0.1, 0.15) is 24.1 Å². The maximum absolute atomic E-state index is 13.9. The van der Waals surface area contributed by atoms with Gasteiger partial charge < -0.3 is 15.7 Å². The van der Waals surface area contributed by atoms with Gasteiger partial charge in [0.2, 0.25) is 5.91 Å². The molecule has 2 atom stereocenters. The van der Waals surface area contributed by atoms with E-state index in [1.54, 1.807) is 24.3 Å². The fourth-order valence-corrected chi connectivity index (χ4v) is 3.12. The van der Waals surface area contributed by atoms with Crippen LogP contribution in [0.5, 0.6) is 0 Å². The molecule has 2 aromatic rings. The van der Waals surface area contributed by atoms with Gasteiger partial charge >= 0.3 is 6.03 Å². The molecule has 146 valence electrons. The van der Waals surface area contributed by atoms with E-state index in [9.17, 15) is 23.5 Å². The Bertz CT molecular complexity index is 948. The van der Waals surface area contributed by atoms with Crippen molar-refractivity contribution in [2.75, 3.05) is 11.9 Å². The summed E-state index contributed by atoms with van der Waals surface area (Å²) >= 11 is 0. The average Bonchev–Trinajstić information content (AvgIpc) is 2.64. The molecule has 0 aliphatic carbocycles. The molecular weight excluding hydrogens is 368 g/mol. The van der Waals surface area contributed by atoms with Gasteiger partial charge in [0.25, 0.3) is 0 Å². The highest BCUT2D eigenvalue weighted by Crippen LogP contribution is 2.32. The molecule has 6 nitrogen and oxygen atoms in total. The van der Waals surface area contributed by atoms with E-state index in [1.807, 2.05) is 0 Å². The maximum Gasteiger partial charge on any atom is 0.327 e. The number of nitrogens with one attached hydrogen (secondary N) is 2. The van der Waals surface area contributed by atoms with Crippen molar-refractivity contribution in [1.29, 1.82) is 0 Å². The third-order valence-electron chi connectivity index (χ3n) is 4.56. The van der Waals surface area contributed by atoms with E-state index in [0.717, 1.165) is 17.0 Å². The number of aliphatic hydroxyl groups excluding tert-OH is 1. The van der Waals surface area contributed by atoms with Gasteiger partial charge in [-0.3, -0.25) is 9.69 Å². The first-order chi connectivity index (χ1) is 13.3. The largest absolute Gasteiger partial charge is 0.394 e. The van der Waals surface area contributed by atoms with Gasteiger partial charge in [0.15, 0.2) is 0 Å². The number of para-hydroxylation sites is 1. The Morgan fingerprint density at radius 2 is 2.00 bits per heavy atom. The van der Waals surface area contributed by atoms with Crippen LogP contribution in [-0.4, -0.2) is 34.6 Å². The van der Waals surface area contributed by atoms with E-state index in [1.165, 1.54) is 13.0 Å². The minimum Gasteiger partial charge on any atom is -0.394 e. The Kier molecular flexibility index (Phi) is 5.41. The van der Waals surface area contributed by atoms with Crippen LogP contribution in [0.3, 0.4) is 0 Å². The topological polar surface area (TPSA) is 81.7 Å². The van der Waals surface area contributed by atoms with E-state index in [-0.39, 0.29) is 11.3 Å². The molecule has 0 bridgehead atoms. The number of anilines is 1. The molecule has 3 rings (SSSR count). The number of halogens is 2. The Morgan fingerprint density at radius 1 is 1.29 bits per heavy atom. The molecule has 3 N–H and O–H groups in total. The van der Waals surface area contributed by atoms with Gasteiger partial charge in [0.1, 0.15) is 17.7 Å². The number of benzene rings is 2. The van der Waals surface area contributed by atoms with E-state index in [0.29, 0.717) is 11.3 Å². The van der Waals surface area contributed by atoms with Crippen LogP contribution in [-0.2, 0) is 4.79 Å². The van der Waals surface area contributed by atoms with Gasteiger partial charge in [0.05, 0.1) is 18.3 Å². The fourth-order valence-electron chi connectivity index (χ4n) is 3.12. The summed E-state index contributed by atoms with van der Waals surface area (Å²) in [5.74, 6) is -2.23. The molecule has 1 aliphatic rings. The van der Waals surface area contributed by atoms with Crippen molar-refractivity contribution in [2.24, 2.45) is 0 Å². The van der Waals surface area contributed by atoms with E-state index >= 15 is 0 Å². The highest BCUT2D eigenvalue weighted by Gasteiger charge is 2.36. The summed E-state index contributed by atoms with van der Waals surface area (Å²) in [5.41, 5.74) is 1.51. The maximum atomic E-state index is 13.9. The highest BCUT2D eigenvalue weighted by atomic mass is 19.1. The molecule has 0 saturated heterocycles. The lowest BCUT2D eigenvalue weighted by Crippen LogP contribution is -2.53. The average molecular weight is 387 g/mol. The Balaban J connectivity index is 1.82. The van der Waals surface area contributed by atoms with Crippen LogP contribution in [0, 0.1) is 11.6 Å². The van der Waals surface area contributed by atoms with Crippen molar-refractivity contribution in [3.8, 4) is 0 Å². The van der Waals surface area contributed by atoms with Crippen molar-refractivity contribution in [3.05, 3.63) is 71.8 Å². The van der Waals surface area contributed by atoms with Gasteiger partial charge in [-0.25, -0.2) is 13.6 Å². The van der Waals surface area contributed by atoms with Crippen LogP contribution in [0.15, 0.2) is 49.0 Å². The van der Waals surface area contributed by atoms with Gasteiger partial charge in [-0.2, -0.15) is 0 Å². The Morgan fingerprint density at radius 3 is 2.68 bits per heavy atom. The van der Waals surface area contributed by atoms with Crippen LogP contribution < -0.4 is 10.6 Å². The second-order valence-corrected chi connectivity index (χ2v) is 6.39. The predicted octanol–water partition coefficient (Wildman–Crippen LogP) is 3.02. The van der Waals surface area contributed by atoms with Crippen LogP contribution in [0.4, 0.5) is 19.3 Å². The monoisotopic (exact) mass is 387 g/mol. The summed E-state index contributed by atoms with van der Waals surface area (Å²) in [6.45, 7) is 4.72. The van der Waals surface area contributed by atoms with Crippen LogP contribution in [0.2, 0.25) is 0 Å². The Labute approximate surface area is 160 Å². The quantitative estimate of drug-likeness (QED) is 0.738. The molecule has 0 spiro atoms. The van der Waals surface area contributed by atoms with E-state index < -0.39 is 42.3 Å². The molecule has 0 saturated carbocycles. The second kappa shape index (κ2) is 7.77. The molecule has 1 unspecified atom stereocenters. The number of hydrogen-bond acceptors (Lipinski definition) is 3. The second-order valence-electron chi connectivity index (χ2n) is 6.39. The zero-order valence-electron chi connectivity index (χ0n) is 15.1. The van der Waals surface area contributed by atoms with E-state index in [2.05, 4.69) is 17.2 Å². The number of amides is 3. The smallest absolute Gasteiger partial charge is 0.327 e. The normalized spacial score (nSPS) is 15.5. The summed E-state index contributed by atoms with van der Waals surface area (Å²) in [4.78, 5) is 26.2. The fraction of sp³-hybridized carbons (Fsp3) is 0.200. The third kappa shape index (κ3) is 3.59. The summed E-state index contributed by atoms with van der Waals surface area (Å²) in [6, 6.07) is 7.27. The van der Waals surface area contributed by atoms with Crippen molar-refractivity contribution in [1.82, 2.24) is 10.2 Å². The number of hydrogen-bond donors (Lipinski definition) is 3. The molecule has 1 heterocycles. The lowest BCUT2D eigenvalue weighted by atomic mass is 10.0. The predicted molar refractivity (Wildman–Crippen MR) is 100 cm³/mol. The number of urea groups is 1. The van der Waals surface area contributed by atoms with Gasteiger partial charge in [0, 0.05) is 22.9 Å². The number of carbonyl (C=O) groups is 2. The molecule has 1 aliphatic heterocycles. The number of rotatable bonds is 5. The first-order valence-corrected chi connectivity index (χ1v) is 8.58. The summed E-state index contributed by atoms with van der Waals surface area (Å²) < 4.78 is 27.0. The molecule has 28 heavy (non-hydrogen) atoms. The van der Waals surface area contributed by atoms with Crippen LogP contribution in [0.25, 0.3) is 5.70 Å². The SMILES string of the molecule is C=C1c2ccccc2NC(=O)N1C(CO)C(=O)N[C@@H](C)c1ccc(F)cc1F. The molecule has 3 amide bonds. The zero-order valence-corrected chi connectivity index (χ0v) is 15.1. The molecular formula is C20H19F2N3O3. The van der Waals surface area contributed by atoms with Crippen molar-refractivity contribution >= 4 is 23.3 Å². The van der Waals surface area contributed by atoms with Crippen molar-refractivity contribution < 1.29 is 23.5 Å². The molecule has 2 aromatic carbocycles. The van der Waals surface area contributed by atoms with Crippen LogP contribution >= 0.6 is 0 Å². The summed E-state index contributed by atoms with van der Waals surface area (Å²) in [5, 5.41) is 14.9. The minimum atomic E-state index is -1.27. The van der Waals surface area contributed by atoms with Gasteiger partial charge in [-0.15, -0.1) is 0 Å². The first-order valence-electron chi connectivity index (χ1n) is 8.58. The number of carbonyl (C=O) groups excluding carboxylic acids is 2. The van der Waals surface area contributed by atoms with Gasteiger partial charge in [-0.1, -0.05) is 30.8 Å². The first kappa shape index (κ1) is 19.5. The number of fused-ring (bicyclic) bond motifs is 1. The summed E-state index contributed by atoms with van der Waals surface area (Å²) in [6.07, 6.45) is 0.